The highest BCUT2D eigenvalue weighted by atomic mass is 32.2. The van der Waals surface area contributed by atoms with Gasteiger partial charge in [-0.1, -0.05) is 19.9 Å². The molecule has 5 nitrogen and oxygen atoms in total. The maximum Gasteiger partial charge on any atom is 0.215 e. The third-order valence-corrected chi connectivity index (χ3v) is 4.84. The number of thiophene rings is 1. The maximum atomic E-state index is 4.46. The summed E-state index contributed by atoms with van der Waals surface area (Å²) < 4.78 is 5.19. The van der Waals surface area contributed by atoms with Gasteiger partial charge in [0.2, 0.25) is 5.16 Å². The Kier molecular flexibility index (Phi) is 3.63. The summed E-state index contributed by atoms with van der Waals surface area (Å²) in [6.07, 6.45) is 0. The van der Waals surface area contributed by atoms with Crippen LogP contribution in [0.1, 0.15) is 25.6 Å². The summed E-state index contributed by atoms with van der Waals surface area (Å²) in [5.41, 5.74) is 0. The van der Waals surface area contributed by atoms with Gasteiger partial charge in [0.1, 0.15) is 5.82 Å². The molecule has 8 heteroatoms. The monoisotopic (exact) mass is 309 g/mol. The lowest BCUT2D eigenvalue weighted by Gasteiger charge is -1.93. The van der Waals surface area contributed by atoms with Crippen molar-refractivity contribution in [2.75, 3.05) is 0 Å². The molecule has 0 radical (unpaired) electrons. The lowest BCUT2D eigenvalue weighted by molar-refractivity contribution is 0.789. The van der Waals surface area contributed by atoms with Crippen molar-refractivity contribution in [3.05, 3.63) is 23.3 Å². The second kappa shape index (κ2) is 5.40. The molecule has 3 aromatic heterocycles. The Morgan fingerprint density at radius 3 is 2.89 bits per heavy atom. The second-order valence-electron chi connectivity index (χ2n) is 4.12. The number of nitrogens with zero attached hydrogens (tertiary/aromatic N) is 4. The van der Waals surface area contributed by atoms with E-state index in [0.29, 0.717) is 11.1 Å². The summed E-state index contributed by atoms with van der Waals surface area (Å²) in [4.78, 5) is 9.99. The smallest absolute Gasteiger partial charge is 0.215 e. The Bertz CT molecular complexity index is 655. The molecule has 0 amide bonds. The molecule has 19 heavy (non-hydrogen) atoms. The average Bonchev–Trinajstić information content (AvgIpc) is 3.09. The molecule has 0 fully saturated rings. The predicted octanol–water partition coefficient (Wildman–Crippen LogP) is 3.66. The predicted molar refractivity (Wildman–Crippen MR) is 77.8 cm³/mol. The number of hydrogen-bond donors (Lipinski definition) is 1. The summed E-state index contributed by atoms with van der Waals surface area (Å²) in [6.45, 7) is 4.16. The first-order chi connectivity index (χ1) is 9.22. The van der Waals surface area contributed by atoms with Crippen LogP contribution in [0.15, 0.2) is 27.0 Å². The molecule has 0 saturated carbocycles. The molecular formula is C11H11N5S3. The fourth-order valence-corrected chi connectivity index (χ4v) is 3.62. The van der Waals surface area contributed by atoms with Crippen molar-refractivity contribution >= 4 is 34.6 Å². The highest BCUT2D eigenvalue weighted by molar-refractivity contribution is 8.00. The van der Waals surface area contributed by atoms with E-state index in [1.165, 1.54) is 23.3 Å². The Hall–Kier alpha value is -1.25. The van der Waals surface area contributed by atoms with Crippen molar-refractivity contribution in [3.63, 3.8) is 0 Å². The number of aromatic nitrogens is 5. The van der Waals surface area contributed by atoms with Gasteiger partial charge in [-0.3, -0.25) is 5.10 Å². The Balaban J connectivity index is 1.76. The highest BCUT2D eigenvalue weighted by Gasteiger charge is 2.12. The minimum absolute atomic E-state index is 0.347. The largest absolute Gasteiger partial charge is 0.257 e. The standard InChI is InChI=1S/C11H11N5S3/c1-6(2)8-13-11(19-16-8)18-10-12-9(14-15-10)7-4-3-5-17-7/h3-6H,1-2H3,(H,12,14,15). The minimum atomic E-state index is 0.347. The van der Waals surface area contributed by atoms with E-state index in [2.05, 4.69) is 38.4 Å². The van der Waals surface area contributed by atoms with Crippen LogP contribution in [0.4, 0.5) is 0 Å². The Labute approximate surface area is 122 Å². The zero-order valence-corrected chi connectivity index (χ0v) is 12.8. The van der Waals surface area contributed by atoms with Gasteiger partial charge < -0.3 is 0 Å². The molecule has 0 bridgehead atoms. The van der Waals surface area contributed by atoms with Crippen LogP contribution in [0.2, 0.25) is 0 Å². The Morgan fingerprint density at radius 2 is 2.21 bits per heavy atom. The topological polar surface area (TPSA) is 67.3 Å². The molecule has 3 heterocycles. The molecule has 0 unspecified atom stereocenters. The van der Waals surface area contributed by atoms with Crippen LogP contribution in [0.5, 0.6) is 0 Å². The molecule has 0 spiro atoms. The number of nitrogens with one attached hydrogen (secondary N) is 1. The van der Waals surface area contributed by atoms with E-state index >= 15 is 0 Å². The molecule has 0 aliphatic rings. The van der Waals surface area contributed by atoms with Gasteiger partial charge in [0.05, 0.1) is 4.88 Å². The zero-order chi connectivity index (χ0) is 13.2. The lowest BCUT2D eigenvalue weighted by Crippen LogP contribution is -1.88. The van der Waals surface area contributed by atoms with E-state index in [9.17, 15) is 0 Å². The molecule has 0 aliphatic carbocycles. The maximum absolute atomic E-state index is 4.46. The minimum Gasteiger partial charge on any atom is -0.257 e. The number of H-pyrrole nitrogens is 1. The average molecular weight is 309 g/mol. The SMILES string of the molecule is CC(C)c1nsc(Sc2n[nH]c(-c3cccs3)n2)n1. The first kappa shape index (κ1) is 12.8. The van der Waals surface area contributed by atoms with Crippen molar-refractivity contribution in [3.8, 4) is 10.7 Å². The van der Waals surface area contributed by atoms with Gasteiger partial charge in [0.25, 0.3) is 0 Å². The summed E-state index contributed by atoms with van der Waals surface area (Å²) >= 11 is 4.47. The van der Waals surface area contributed by atoms with Crippen molar-refractivity contribution in [2.45, 2.75) is 29.3 Å². The third-order valence-electron chi connectivity index (χ3n) is 2.34. The van der Waals surface area contributed by atoms with Crippen molar-refractivity contribution < 1.29 is 0 Å². The first-order valence-corrected chi connectivity index (χ1v) is 8.17. The van der Waals surface area contributed by atoms with Crippen LogP contribution in [-0.4, -0.2) is 24.5 Å². The van der Waals surface area contributed by atoms with Crippen LogP contribution in [0, 0.1) is 0 Å². The van der Waals surface area contributed by atoms with Crippen molar-refractivity contribution in [2.24, 2.45) is 0 Å². The molecule has 0 aliphatic heterocycles. The molecule has 3 aromatic rings. The summed E-state index contributed by atoms with van der Waals surface area (Å²) in [5.74, 6) is 2.02. The Morgan fingerprint density at radius 1 is 1.32 bits per heavy atom. The van der Waals surface area contributed by atoms with Crippen LogP contribution >= 0.6 is 34.6 Å². The summed E-state index contributed by atoms with van der Waals surface area (Å²) in [6, 6.07) is 4.01. The van der Waals surface area contributed by atoms with E-state index in [1.807, 2.05) is 17.5 Å². The van der Waals surface area contributed by atoms with Gasteiger partial charge in [0.15, 0.2) is 10.2 Å². The number of aromatic amines is 1. The molecule has 0 atom stereocenters. The van der Waals surface area contributed by atoms with Gasteiger partial charge >= 0.3 is 0 Å². The van der Waals surface area contributed by atoms with Gasteiger partial charge in [-0.2, -0.15) is 4.37 Å². The molecule has 0 saturated heterocycles. The fraction of sp³-hybridized carbons (Fsp3) is 0.273. The normalized spacial score (nSPS) is 11.3. The lowest BCUT2D eigenvalue weighted by atomic mass is 10.2. The second-order valence-corrected chi connectivity index (χ2v) is 7.03. The molecular weight excluding hydrogens is 298 g/mol. The molecule has 3 rings (SSSR count). The van der Waals surface area contributed by atoms with E-state index in [1.54, 1.807) is 11.3 Å². The van der Waals surface area contributed by atoms with Crippen molar-refractivity contribution in [1.82, 2.24) is 24.5 Å². The van der Waals surface area contributed by atoms with E-state index in [-0.39, 0.29) is 0 Å². The van der Waals surface area contributed by atoms with Gasteiger partial charge in [0, 0.05) is 5.92 Å². The quantitative estimate of drug-likeness (QED) is 0.796. The summed E-state index contributed by atoms with van der Waals surface area (Å²) in [5, 5.41) is 9.83. The third kappa shape index (κ3) is 2.85. The van der Waals surface area contributed by atoms with Crippen molar-refractivity contribution in [1.29, 1.82) is 0 Å². The van der Waals surface area contributed by atoms with E-state index in [4.69, 9.17) is 0 Å². The van der Waals surface area contributed by atoms with E-state index in [0.717, 1.165) is 20.9 Å². The summed E-state index contributed by atoms with van der Waals surface area (Å²) in [7, 11) is 0. The zero-order valence-electron chi connectivity index (χ0n) is 10.3. The molecule has 1 N–H and O–H groups in total. The number of hydrogen-bond acceptors (Lipinski definition) is 7. The number of rotatable bonds is 4. The fourth-order valence-electron chi connectivity index (χ4n) is 1.39. The van der Waals surface area contributed by atoms with Crippen LogP contribution in [0.3, 0.4) is 0 Å². The van der Waals surface area contributed by atoms with Crippen LogP contribution in [0.25, 0.3) is 10.7 Å². The van der Waals surface area contributed by atoms with Crippen LogP contribution < -0.4 is 0 Å². The van der Waals surface area contributed by atoms with Gasteiger partial charge in [-0.05, 0) is 34.7 Å². The highest BCUT2D eigenvalue weighted by Crippen LogP contribution is 2.29. The van der Waals surface area contributed by atoms with Crippen LogP contribution in [-0.2, 0) is 0 Å². The first-order valence-electron chi connectivity index (χ1n) is 5.70. The van der Waals surface area contributed by atoms with Gasteiger partial charge in [-0.15, -0.1) is 16.4 Å². The molecule has 98 valence electrons. The molecule has 0 aromatic carbocycles. The van der Waals surface area contributed by atoms with Gasteiger partial charge in [-0.25, -0.2) is 9.97 Å². The van der Waals surface area contributed by atoms with E-state index < -0.39 is 0 Å².